The maximum Gasteiger partial charge on any atom is 0.253 e. The summed E-state index contributed by atoms with van der Waals surface area (Å²) in [6.07, 6.45) is 11.1. The first-order chi connectivity index (χ1) is 15.2. The predicted octanol–water partition coefficient (Wildman–Crippen LogP) is 5.29. The zero-order valence-electron chi connectivity index (χ0n) is 17.9. The van der Waals surface area contributed by atoms with E-state index in [-0.39, 0.29) is 35.6 Å². The molecule has 2 aromatic carbocycles. The number of phenolic OH excluding ortho intramolecular Hbond substituents is 1. The average Bonchev–Trinajstić information content (AvgIpc) is 3.29. The first kappa shape index (κ1) is 20.0. The average molecular weight is 419 g/mol. The van der Waals surface area contributed by atoms with Gasteiger partial charge in [0.2, 0.25) is 0 Å². The van der Waals surface area contributed by atoms with Gasteiger partial charge in [0.15, 0.2) is 11.5 Å². The Labute approximate surface area is 183 Å². The van der Waals surface area contributed by atoms with Gasteiger partial charge in [0.05, 0.1) is 24.4 Å². The molecular weight excluding hydrogens is 388 g/mol. The van der Waals surface area contributed by atoms with E-state index in [1.54, 1.807) is 13.2 Å². The number of carbonyl (C=O) groups excluding carboxylic acids is 1. The molecule has 0 radical (unpaired) electrons. The van der Waals surface area contributed by atoms with Gasteiger partial charge < -0.3 is 20.5 Å². The van der Waals surface area contributed by atoms with Crippen LogP contribution in [-0.4, -0.2) is 24.2 Å². The Morgan fingerprint density at radius 1 is 1.10 bits per heavy atom. The smallest absolute Gasteiger partial charge is 0.253 e. The Morgan fingerprint density at radius 2 is 1.87 bits per heavy atom. The van der Waals surface area contributed by atoms with E-state index in [1.165, 1.54) is 19.3 Å². The van der Waals surface area contributed by atoms with E-state index in [2.05, 4.69) is 28.9 Å². The maximum absolute atomic E-state index is 13.2. The number of para-hydroxylation sites is 2. The van der Waals surface area contributed by atoms with Crippen molar-refractivity contribution in [3.8, 4) is 11.5 Å². The molecule has 1 saturated carbocycles. The number of methoxy groups -OCH3 is 1. The van der Waals surface area contributed by atoms with Crippen LogP contribution in [0.25, 0.3) is 0 Å². The Morgan fingerprint density at radius 3 is 2.68 bits per heavy atom. The molecule has 1 heterocycles. The Kier molecular flexibility index (Phi) is 5.34. The summed E-state index contributed by atoms with van der Waals surface area (Å²) in [5, 5.41) is 17.7. The monoisotopic (exact) mass is 418 g/mol. The number of allylic oxidation sites excluding steroid dienone is 2. The fraction of sp³-hybridized carbons (Fsp3) is 0.423. The molecule has 2 aliphatic carbocycles. The van der Waals surface area contributed by atoms with Crippen molar-refractivity contribution in [2.75, 3.05) is 12.4 Å². The van der Waals surface area contributed by atoms with Crippen LogP contribution in [0.5, 0.6) is 11.5 Å². The lowest BCUT2D eigenvalue weighted by molar-refractivity contribution is 0.0928. The van der Waals surface area contributed by atoms with Crippen LogP contribution in [0, 0.1) is 5.92 Å². The molecule has 3 unspecified atom stereocenters. The minimum absolute atomic E-state index is 0.00899. The number of hydrogen-bond donors (Lipinski definition) is 3. The van der Waals surface area contributed by atoms with Gasteiger partial charge in [0.25, 0.3) is 5.91 Å². The lowest BCUT2D eigenvalue weighted by atomic mass is 9.76. The molecule has 0 bridgehead atoms. The summed E-state index contributed by atoms with van der Waals surface area (Å²) < 4.78 is 5.35. The lowest BCUT2D eigenvalue weighted by Gasteiger charge is -2.38. The van der Waals surface area contributed by atoms with Crippen LogP contribution in [0.1, 0.15) is 72.0 Å². The zero-order chi connectivity index (χ0) is 21.4. The van der Waals surface area contributed by atoms with Gasteiger partial charge in [-0.2, -0.15) is 0 Å². The number of ether oxygens (including phenoxy) is 1. The topological polar surface area (TPSA) is 70.6 Å². The summed E-state index contributed by atoms with van der Waals surface area (Å²) >= 11 is 0. The fourth-order valence-electron chi connectivity index (χ4n) is 5.58. The second-order valence-electron chi connectivity index (χ2n) is 8.95. The predicted molar refractivity (Wildman–Crippen MR) is 122 cm³/mol. The Balaban J connectivity index is 1.51. The third kappa shape index (κ3) is 3.56. The van der Waals surface area contributed by atoms with Gasteiger partial charge in [0, 0.05) is 17.5 Å². The van der Waals surface area contributed by atoms with E-state index < -0.39 is 0 Å². The number of phenols is 1. The number of nitrogens with one attached hydrogen (secondary N) is 2. The van der Waals surface area contributed by atoms with E-state index in [9.17, 15) is 9.90 Å². The summed E-state index contributed by atoms with van der Waals surface area (Å²) in [4.78, 5) is 13.2. The van der Waals surface area contributed by atoms with Crippen molar-refractivity contribution in [1.82, 2.24) is 5.32 Å². The molecule has 162 valence electrons. The molecule has 5 rings (SSSR count). The molecule has 0 saturated heterocycles. The molecule has 1 aliphatic heterocycles. The van der Waals surface area contributed by atoms with Gasteiger partial charge >= 0.3 is 0 Å². The molecule has 3 atom stereocenters. The van der Waals surface area contributed by atoms with Crippen LogP contribution in [0.2, 0.25) is 0 Å². The summed E-state index contributed by atoms with van der Waals surface area (Å²) in [5.41, 5.74) is 3.55. The molecule has 3 N–H and O–H groups in total. The highest BCUT2D eigenvalue weighted by Gasteiger charge is 2.40. The maximum atomic E-state index is 13.2. The molecule has 1 amide bonds. The molecule has 1 fully saturated rings. The van der Waals surface area contributed by atoms with Crippen LogP contribution in [-0.2, 0) is 0 Å². The molecule has 2 aromatic rings. The SMILES string of the molecule is COc1cccc(C2Nc3c(C(=O)NC4CCCCC4)cccc3C3C=CCC32)c1O. The first-order valence-electron chi connectivity index (χ1n) is 11.4. The number of hydrogen-bond acceptors (Lipinski definition) is 4. The van der Waals surface area contributed by atoms with Crippen molar-refractivity contribution in [2.45, 2.75) is 56.5 Å². The molecule has 5 heteroatoms. The molecule has 3 aliphatic rings. The highest BCUT2D eigenvalue weighted by molar-refractivity contribution is 6.01. The minimum atomic E-state index is -0.105. The summed E-state index contributed by atoms with van der Waals surface area (Å²) in [7, 11) is 1.57. The van der Waals surface area contributed by atoms with Crippen molar-refractivity contribution in [1.29, 1.82) is 0 Å². The van der Waals surface area contributed by atoms with Crippen molar-refractivity contribution >= 4 is 11.6 Å². The number of benzene rings is 2. The molecule has 5 nitrogen and oxygen atoms in total. The van der Waals surface area contributed by atoms with Crippen molar-refractivity contribution in [2.24, 2.45) is 5.92 Å². The second-order valence-corrected chi connectivity index (χ2v) is 8.95. The second kappa shape index (κ2) is 8.29. The summed E-state index contributed by atoms with van der Waals surface area (Å²) in [5.74, 6) is 1.12. The normalized spacial score (nSPS) is 24.7. The Bertz CT molecular complexity index is 1010. The van der Waals surface area contributed by atoms with Crippen LogP contribution >= 0.6 is 0 Å². The minimum Gasteiger partial charge on any atom is -0.504 e. The van der Waals surface area contributed by atoms with E-state index in [1.807, 2.05) is 24.3 Å². The van der Waals surface area contributed by atoms with E-state index in [4.69, 9.17) is 4.74 Å². The highest BCUT2D eigenvalue weighted by atomic mass is 16.5. The number of aromatic hydroxyl groups is 1. The van der Waals surface area contributed by atoms with Crippen LogP contribution in [0.3, 0.4) is 0 Å². The van der Waals surface area contributed by atoms with Gasteiger partial charge in [-0.3, -0.25) is 4.79 Å². The van der Waals surface area contributed by atoms with Crippen molar-refractivity contribution < 1.29 is 14.6 Å². The third-order valence-electron chi connectivity index (χ3n) is 7.17. The Hall–Kier alpha value is -2.95. The largest absolute Gasteiger partial charge is 0.504 e. The van der Waals surface area contributed by atoms with Crippen LogP contribution < -0.4 is 15.4 Å². The molecule has 0 aromatic heterocycles. The van der Waals surface area contributed by atoms with E-state index >= 15 is 0 Å². The number of fused-ring (bicyclic) bond motifs is 3. The summed E-state index contributed by atoms with van der Waals surface area (Å²) in [6.45, 7) is 0. The zero-order valence-corrected chi connectivity index (χ0v) is 17.9. The van der Waals surface area contributed by atoms with E-state index in [0.29, 0.717) is 11.3 Å². The molecule has 0 spiro atoms. The van der Waals surface area contributed by atoms with Crippen molar-refractivity contribution in [3.63, 3.8) is 0 Å². The van der Waals surface area contributed by atoms with Gasteiger partial charge in [-0.15, -0.1) is 0 Å². The highest BCUT2D eigenvalue weighted by Crippen LogP contribution is 2.52. The number of rotatable bonds is 4. The standard InChI is InChI=1S/C26H30N2O3/c1-31-22-15-7-13-20(25(22)29)23-18-11-5-10-17(18)19-12-6-14-21(24(19)28-23)26(30)27-16-8-3-2-4-9-16/h5-7,10,12-18,23,28-29H,2-4,8-9,11H2,1H3,(H,27,30). The third-order valence-corrected chi connectivity index (χ3v) is 7.17. The van der Waals surface area contributed by atoms with Gasteiger partial charge in [-0.25, -0.2) is 0 Å². The fourth-order valence-corrected chi connectivity index (χ4v) is 5.58. The molecule has 31 heavy (non-hydrogen) atoms. The molecular formula is C26H30N2O3. The number of amides is 1. The first-order valence-corrected chi connectivity index (χ1v) is 11.4. The summed E-state index contributed by atoms with van der Waals surface area (Å²) in [6, 6.07) is 11.8. The van der Waals surface area contributed by atoms with E-state index in [0.717, 1.165) is 36.1 Å². The number of anilines is 1. The quantitative estimate of drug-likeness (QED) is 0.590. The van der Waals surface area contributed by atoms with Crippen LogP contribution in [0.4, 0.5) is 5.69 Å². The van der Waals surface area contributed by atoms with Crippen molar-refractivity contribution in [3.05, 3.63) is 65.2 Å². The van der Waals surface area contributed by atoms with Gasteiger partial charge in [-0.05, 0) is 42.9 Å². The number of carbonyl (C=O) groups is 1. The lowest BCUT2D eigenvalue weighted by Crippen LogP contribution is -2.37. The van der Waals surface area contributed by atoms with Gasteiger partial charge in [-0.1, -0.05) is 55.7 Å². The van der Waals surface area contributed by atoms with Crippen LogP contribution in [0.15, 0.2) is 48.6 Å². The van der Waals surface area contributed by atoms with Gasteiger partial charge in [0.1, 0.15) is 0 Å².